The van der Waals surface area contributed by atoms with Crippen LogP contribution in [0.5, 0.6) is 0 Å². The largest absolute Gasteiger partial charge is 0.310 e. The topological polar surface area (TPSA) is 3.24 Å². The Labute approximate surface area is 439 Å². The highest BCUT2D eigenvalue weighted by atomic mass is 15.1. The van der Waals surface area contributed by atoms with Crippen LogP contribution in [0.2, 0.25) is 0 Å². The molecule has 1 nitrogen and oxygen atoms in total. The van der Waals surface area contributed by atoms with Gasteiger partial charge in [-0.3, -0.25) is 0 Å². The van der Waals surface area contributed by atoms with Crippen LogP contribution in [-0.4, -0.2) is 0 Å². The fourth-order valence-corrected chi connectivity index (χ4v) is 12.8. The van der Waals surface area contributed by atoms with Crippen LogP contribution >= 0.6 is 0 Å². The van der Waals surface area contributed by atoms with Crippen molar-refractivity contribution in [2.75, 3.05) is 4.90 Å². The zero-order chi connectivity index (χ0) is 51.1. The van der Waals surface area contributed by atoms with Crippen molar-refractivity contribution in [2.24, 2.45) is 0 Å². The molecule has 0 heterocycles. The summed E-state index contributed by atoms with van der Waals surface area (Å²) >= 11 is 0. The average molecular weight is 956 g/mol. The first-order valence-electron chi connectivity index (χ1n) is 26.5. The van der Waals surface area contributed by atoms with Gasteiger partial charge in [0.1, 0.15) is 0 Å². The molecule has 1 atom stereocenters. The van der Waals surface area contributed by atoms with Crippen LogP contribution < -0.4 is 4.90 Å². The van der Waals surface area contributed by atoms with E-state index in [1.807, 2.05) is 0 Å². The molecule has 0 bridgehead atoms. The van der Waals surface area contributed by atoms with Crippen molar-refractivity contribution in [1.29, 1.82) is 0 Å². The van der Waals surface area contributed by atoms with Gasteiger partial charge in [-0.15, -0.1) is 0 Å². The molecule has 2 aliphatic carbocycles. The third kappa shape index (κ3) is 7.50. The molecule has 0 saturated heterocycles. The van der Waals surface area contributed by atoms with Crippen molar-refractivity contribution < 1.29 is 0 Å². The Hall–Kier alpha value is -8.00. The number of hydrogen-bond acceptors (Lipinski definition) is 1. The quantitative estimate of drug-likeness (QED) is 0.147. The van der Waals surface area contributed by atoms with Gasteiger partial charge in [0, 0.05) is 17.1 Å². The third-order valence-electron chi connectivity index (χ3n) is 16.3. The van der Waals surface area contributed by atoms with E-state index in [2.05, 4.69) is 298 Å². The molecule has 362 valence electrons. The monoisotopic (exact) mass is 956 g/mol. The summed E-state index contributed by atoms with van der Waals surface area (Å²) in [5.74, 6) is 0. The zero-order valence-corrected chi connectivity index (χ0v) is 44.4. The second-order valence-corrected chi connectivity index (χ2v) is 23.2. The minimum Gasteiger partial charge on any atom is -0.310 e. The van der Waals surface area contributed by atoms with Crippen molar-refractivity contribution in [3.05, 3.63) is 303 Å². The van der Waals surface area contributed by atoms with E-state index in [0.29, 0.717) is 0 Å². The summed E-state index contributed by atoms with van der Waals surface area (Å²) in [4.78, 5) is 2.51. The van der Waals surface area contributed by atoms with Gasteiger partial charge in [-0.25, -0.2) is 0 Å². The SMILES string of the molecule is Cc1cc(C)cc(-c2ccc(N(c3ccc4c(c3)C(c3ccc(C(C)(C)C)cc3)(c3ccc(C(C)(C)C)cc3)c3ccccc3-4)c3ccc4c(c3)C(c3ccccc3)(c3cccc(C)c3)c3ccccc3-4)cc2)c1. The summed E-state index contributed by atoms with van der Waals surface area (Å²) in [6.45, 7) is 20.4. The summed E-state index contributed by atoms with van der Waals surface area (Å²) < 4.78 is 0. The highest BCUT2D eigenvalue weighted by molar-refractivity contribution is 5.92. The Bertz CT molecular complexity index is 3670. The van der Waals surface area contributed by atoms with E-state index in [4.69, 9.17) is 0 Å². The van der Waals surface area contributed by atoms with Gasteiger partial charge in [-0.2, -0.15) is 0 Å². The maximum Gasteiger partial charge on any atom is 0.0714 e. The Balaban J connectivity index is 1.13. The second-order valence-electron chi connectivity index (χ2n) is 23.2. The van der Waals surface area contributed by atoms with Gasteiger partial charge >= 0.3 is 0 Å². The lowest BCUT2D eigenvalue weighted by Crippen LogP contribution is -2.29. The minimum absolute atomic E-state index is 0.0155. The molecule has 0 aromatic heterocycles. The molecule has 1 heteroatoms. The first kappa shape index (κ1) is 47.0. The molecule has 0 N–H and O–H groups in total. The van der Waals surface area contributed by atoms with Crippen LogP contribution in [0.1, 0.15) is 114 Å². The third-order valence-corrected chi connectivity index (χ3v) is 16.3. The fourth-order valence-electron chi connectivity index (χ4n) is 12.8. The zero-order valence-electron chi connectivity index (χ0n) is 44.4. The standard InChI is InChI=1S/C73H65N/c1-48-18-17-21-58(45-48)73(55-19-11-10-12-20-55)67-25-16-14-23-63(67)65-41-39-61(47-69(65)73)74(59-36-26-51(27-37-59)52-43-49(2)42-50(3)44-52)60-38-40-64-62-22-13-15-24-66(62)72(68(64)46-60,56-32-28-53(29-33-56)70(4,5)6)57-34-30-54(31-35-57)71(7,8)9/h10-47H,1-9H3. The van der Waals surface area contributed by atoms with E-state index in [-0.39, 0.29) is 10.8 Å². The molecule has 2 aliphatic rings. The number of rotatable bonds is 8. The van der Waals surface area contributed by atoms with Crippen molar-refractivity contribution in [3.8, 4) is 33.4 Å². The molecular formula is C73H65N. The predicted octanol–water partition coefficient (Wildman–Crippen LogP) is 19.1. The van der Waals surface area contributed by atoms with Crippen LogP contribution in [0.15, 0.2) is 231 Å². The molecule has 74 heavy (non-hydrogen) atoms. The normalized spacial score (nSPS) is 15.3. The van der Waals surface area contributed by atoms with Gasteiger partial charge in [-0.05, 0) is 157 Å². The predicted molar refractivity (Wildman–Crippen MR) is 313 cm³/mol. The van der Waals surface area contributed by atoms with Crippen LogP contribution in [-0.2, 0) is 21.7 Å². The molecular weight excluding hydrogens is 891 g/mol. The number of aryl methyl sites for hydroxylation is 3. The fraction of sp³-hybridized carbons (Fsp3) is 0.178. The first-order valence-corrected chi connectivity index (χ1v) is 26.5. The van der Waals surface area contributed by atoms with Crippen LogP contribution in [0, 0.1) is 20.8 Å². The van der Waals surface area contributed by atoms with E-state index in [9.17, 15) is 0 Å². The molecule has 10 aromatic rings. The smallest absolute Gasteiger partial charge is 0.0714 e. The van der Waals surface area contributed by atoms with Gasteiger partial charge in [0.2, 0.25) is 0 Å². The molecule has 1 unspecified atom stereocenters. The van der Waals surface area contributed by atoms with E-state index in [1.165, 1.54) is 106 Å². The van der Waals surface area contributed by atoms with E-state index < -0.39 is 10.8 Å². The lowest BCUT2D eigenvalue weighted by Gasteiger charge is -2.36. The van der Waals surface area contributed by atoms with E-state index in [0.717, 1.165) is 17.1 Å². The molecule has 0 aliphatic heterocycles. The summed E-state index contributed by atoms with van der Waals surface area (Å²) in [6.07, 6.45) is 0. The molecule has 0 radical (unpaired) electrons. The average Bonchev–Trinajstić information content (AvgIpc) is 3.91. The van der Waals surface area contributed by atoms with Crippen molar-refractivity contribution >= 4 is 17.1 Å². The van der Waals surface area contributed by atoms with Gasteiger partial charge in [-0.1, -0.05) is 252 Å². The molecule has 12 rings (SSSR count). The van der Waals surface area contributed by atoms with E-state index >= 15 is 0 Å². The van der Waals surface area contributed by atoms with Gasteiger partial charge in [0.05, 0.1) is 10.8 Å². The van der Waals surface area contributed by atoms with Crippen molar-refractivity contribution in [2.45, 2.75) is 84.0 Å². The Morgan fingerprint density at radius 1 is 0.284 bits per heavy atom. The number of fused-ring (bicyclic) bond motifs is 6. The summed E-state index contributed by atoms with van der Waals surface area (Å²) in [6, 6.07) is 88.3. The number of hydrogen-bond donors (Lipinski definition) is 0. The summed E-state index contributed by atoms with van der Waals surface area (Å²) in [7, 11) is 0. The van der Waals surface area contributed by atoms with Crippen molar-refractivity contribution in [1.82, 2.24) is 0 Å². The number of anilines is 3. The van der Waals surface area contributed by atoms with Crippen LogP contribution in [0.3, 0.4) is 0 Å². The highest BCUT2D eigenvalue weighted by Gasteiger charge is 2.48. The van der Waals surface area contributed by atoms with Crippen LogP contribution in [0.25, 0.3) is 33.4 Å². The maximum absolute atomic E-state index is 2.52. The molecule has 0 spiro atoms. The number of nitrogens with zero attached hydrogens (tertiary/aromatic N) is 1. The lowest BCUT2D eigenvalue weighted by atomic mass is 9.67. The molecule has 0 fully saturated rings. The molecule has 0 saturated carbocycles. The molecule has 10 aromatic carbocycles. The van der Waals surface area contributed by atoms with E-state index in [1.54, 1.807) is 0 Å². The Morgan fingerprint density at radius 2 is 0.703 bits per heavy atom. The van der Waals surface area contributed by atoms with Crippen LogP contribution in [0.4, 0.5) is 17.1 Å². The lowest BCUT2D eigenvalue weighted by molar-refractivity contribution is 0.588. The molecule has 0 amide bonds. The Kier molecular flexibility index (Phi) is 11.2. The minimum atomic E-state index is -0.597. The highest BCUT2D eigenvalue weighted by Crippen LogP contribution is 2.60. The first-order chi connectivity index (χ1) is 35.6. The number of benzene rings is 10. The maximum atomic E-state index is 2.52. The second kappa shape index (κ2) is 17.6. The summed E-state index contributed by atoms with van der Waals surface area (Å²) in [5.41, 5.74) is 26.4. The Morgan fingerprint density at radius 3 is 1.19 bits per heavy atom. The van der Waals surface area contributed by atoms with Gasteiger partial charge in [0.25, 0.3) is 0 Å². The van der Waals surface area contributed by atoms with Gasteiger partial charge in [0.15, 0.2) is 0 Å². The van der Waals surface area contributed by atoms with Gasteiger partial charge < -0.3 is 4.90 Å². The summed E-state index contributed by atoms with van der Waals surface area (Å²) in [5, 5.41) is 0. The van der Waals surface area contributed by atoms with Crippen molar-refractivity contribution in [3.63, 3.8) is 0 Å².